The average Bonchev–Trinajstić information content (AvgIpc) is 3.52. The number of aromatic hydroxyl groups is 1. The molecule has 1 fully saturated rings. The molecule has 5 aromatic carbocycles. The smallest absolute Gasteiger partial charge is 0.271 e. The van der Waals surface area contributed by atoms with E-state index in [4.69, 9.17) is 4.43 Å². The number of nitrogens with zero attached hydrogens (tertiary/aromatic N) is 2. The molecule has 2 amide bonds. The number of amides is 2. The molecule has 0 saturated carbocycles. The van der Waals surface area contributed by atoms with Gasteiger partial charge in [-0.2, -0.15) is 0 Å². The van der Waals surface area contributed by atoms with E-state index < -0.39 is 55.5 Å². The molecule has 0 radical (unpaired) electrons. The van der Waals surface area contributed by atoms with Gasteiger partial charge in [0.25, 0.3) is 14.0 Å². The van der Waals surface area contributed by atoms with Gasteiger partial charge in [0.1, 0.15) is 5.75 Å². The Kier molecular flexibility index (Phi) is 12.9. The predicted molar refractivity (Wildman–Crippen MR) is 245 cm³/mol. The Morgan fingerprint density at radius 3 is 2.00 bits per heavy atom. The standard InChI is InChI=1S/C51H54N2O8Si/c1-33-26-35(27-34(2)48(33)56)28-37(36-16-9-6-10-17-36)24-25-45(55)46-38(32-61-62(51(3,4)5,41-20-11-7-12-21-41)42-22-13-8-14-23-42)29-43-47(44(46)31-54)50(58)52(49(43)57)39-18-15-19-40(30-39)53(59)60/h6-23,26-28,30,43-45,47,54-56H,24-25,29,31-32H2,1-5H3/b37-28-/t43-,44+,45-,47-/m1/s1. The molecular weight excluding hydrogens is 797 g/mol. The van der Waals surface area contributed by atoms with Crippen LogP contribution in [0.1, 0.15) is 62.3 Å². The molecule has 62 heavy (non-hydrogen) atoms. The maximum Gasteiger partial charge on any atom is 0.271 e. The topological polar surface area (TPSA) is 150 Å². The molecule has 5 aromatic rings. The number of phenolic OH excluding ortho intramolecular Hbond substituents is 1. The summed E-state index contributed by atoms with van der Waals surface area (Å²) in [5.74, 6) is -3.68. The zero-order valence-electron chi connectivity index (χ0n) is 35.8. The van der Waals surface area contributed by atoms with E-state index in [1.807, 2.05) is 92.7 Å². The number of non-ortho nitro benzene ring substituents is 1. The predicted octanol–water partition coefficient (Wildman–Crippen LogP) is 8.29. The molecule has 11 heteroatoms. The van der Waals surface area contributed by atoms with Crippen LogP contribution in [0.15, 0.2) is 139 Å². The van der Waals surface area contributed by atoms with Crippen LogP contribution in [0.25, 0.3) is 11.6 Å². The number of phenols is 1. The highest BCUT2D eigenvalue weighted by Crippen LogP contribution is 2.48. The van der Waals surface area contributed by atoms with Gasteiger partial charge in [-0.05, 0) is 106 Å². The number of allylic oxidation sites excluding steroid dienone is 1. The van der Waals surface area contributed by atoms with Crippen molar-refractivity contribution in [3.63, 3.8) is 0 Å². The molecule has 0 aromatic heterocycles. The molecule has 2 aliphatic rings. The van der Waals surface area contributed by atoms with E-state index >= 15 is 0 Å². The highest BCUT2D eigenvalue weighted by molar-refractivity contribution is 6.99. The van der Waals surface area contributed by atoms with E-state index in [1.165, 1.54) is 24.3 Å². The van der Waals surface area contributed by atoms with Crippen molar-refractivity contribution < 1.29 is 34.3 Å². The number of aryl methyl sites for hydroxylation is 2. The second kappa shape index (κ2) is 18.2. The van der Waals surface area contributed by atoms with Gasteiger partial charge in [0.2, 0.25) is 11.8 Å². The minimum Gasteiger partial charge on any atom is -0.507 e. The van der Waals surface area contributed by atoms with Gasteiger partial charge in [0.05, 0.1) is 41.8 Å². The second-order valence-corrected chi connectivity index (χ2v) is 21.8. The summed E-state index contributed by atoms with van der Waals surface area (Å²) in [5.41, 5.74) is 5.26. The molecule has 1 aliphatic carbocycles. The zero-order valence-corrected chi connectivity index (χ0v) is 36.8. The molecule has 0 bridgehead atoms. The third-order valence-corrected chi connectivity index (χ3v) is 17.6. The van der Waals surface area contributed by atoms with Crippen LogP contribution in [0.4, 0.5) is 11.4 Å². The van der Waals surface area contributed by atoms with Crippen molar-refractivity contribution in [1.82, 2.24) is 0 Å². The Bertz CT molecular complexity index is 2450. The number of imide groups is 1. The number of hydrogen-bond acceptors (Lipinski definition) is 8. The highest BCUT2D eigenvalue weighted by atomic mass is 28.4. The summed E-state index contributed by atoms with van der Waals surface area (Å²) in [5, 5.41) is 47.8. The molecule has 1 aliphatic heterocycles. The van der Waals surface area contributed by atoms with Gasteiger partial charge in [-0.3, -0.25) is 19.7 Å². The first kappa shape index (κ1) is 44.1. The van der Waals surface area contributed by atoms with Crippen LogP contribution in [0, 0.1) is 41.7 Å². The first-order chi connectivity index (χ1) is 29.7. The number of carbonyl (C=O) groups excluding carboxylic acids is 2. The highest BCUT2D eigenvalue weighted by Gasteiger charge is 2.56. The Hall–Kier alpha value is -5.98. The van der Waals surface area contributed by atoms with Crippen LogP contribution in [0.3, 0.4) is 0 Å². The fourth-order valence-electron chi connectivity index (χ4n) is 9.72. The van der Waals surface area contributed by atoms with Gasteiger partial charge < -0.3 is 19.7 Å². The van der Waals surface area contributed by atoms with E-state index in [1.54, 1.807) is 0 Å². The van der Waals surface area contributed by atoms with Crippen molar-refractivity contribution in [3.8, 4) is 5.75 Å². The fraction of sp³-hybridized carbons (Fsp3) is 0.294. The first-order valence-corrected chi connectivity index (χ1v) is 23.0. The number of nitro benzene ring substituents is 1. The average molecular weight is 851 g/mol. The van der Waals surface area contributed by atoms with Gasteiger partial charge in [-0.1, -0.05) is 124 Å². The minimum absolute atomic E-state index is 0.0329. The number of aliphatic hydroxyl groups is 2. The number of anilines is 1. The number of aliphatic hydroxyl groups excluding tert-OH is 2. The largest absolute Gasteiger partial charge is 0.507 e. The quantitative estimate of drug-likeness (QED) is 0.0252. The summed E-state index contributed by atoms with van der Waals surface area (Å²) in [6, 6.07) is 39.5. The molecule has 320 valence electrons. The van der Waals surface area contributed by atoms with E-state index in [2.05, 4.69) is 51.1 Å². The van der Waals surface area contributed by atoms with Crippen LogP contribution >= 0.6 is 0 Å². The molecule has 0 spiro atoms. The molecule has 4 atom stereocenters. The molecule has 7 rings (SSSR count). The molecule has 3 N–H and O–H groups in total. The maximum absolute atomic E-state index is 14.5. The Morgan fingerprint density at radius 1 is 0.871 bits per heavy atom. The fourth-order valence-corrected chi connectivity index (χ4v) is 14.3. The van der Waals surface area contributed by atoms with Gasteiger partial charge in [-0.25, -0.2) is 4.90 Å². The van der Waals surface area contributed by atoms with Crippen molar-refractivity contribution in [2.24, 2.45) is 17.8 Å². The van der Waals surface area contributed by atoms with E-state index in [-0.39, 0.29) is 41.6 Å². The van der Waals surface area contributed by atoms with Crippen LogP contribution in [0.5, 0.6) is 5.75 Å². The van der Waals surface area contributed by atoms with Crippen molar-refractivity contribution >= 4 is 53.5 Å². The van der Waals surface area contributed by atoms with Gasteiger partial charge >= 0.3 is 0 Å². The molecule has 1 saturated heterocycles. The number of rotatable bonds is 14. The summed E-state index contributed by atoms with van der Waals surface area (Å²) < 4.78 is 7.42. The monoisotopic (exact) mass is 850 g/mol. The summed E-state index contributed by atoms with van der Waals surface area (Å²) >= 11 is 0. The Balaban J connectivity index is 1.33. The zero-order chi connectivity index (χ0) is 44.3. The molecule has 1 heterocycles. The van der Waals surface area contributed by atoms with E-state index in [9.17, 15) is 35.0 Å². The lowest BCUT2D eigenvalue weighted by atomic mass is 9.68. The van der Waals surface area contributed by atoms with Crippen LogP contribution in [-0.4, -0.2) is 59.7 Å². The Morgan fingerprint density at radius 2 is 1.45 bits per heavy atom. The van der Waals surface area contributed by atoms with Crippen molar-refractivity contribution in [2.75, 3.05) is 18.1 Å². The van der Waals surface area contributed by atoms with Crippen molar-refractivity contribution in [1.29, 1.82) is 0 Å². The first-order valence-electron chi connectivity index (χ1n) is 21.1. The molecule has 10 nitrogen and oxygen atoms in total. The van der Waals surface area contributed by atoms with Crippen molar-refractivity contribution in [3.05, 3.63) is 171 Å². The second-order valence-electron chi connectivity index (χ2n) is 17.5. The van der Waals surface area contributed by atoms with Gasteiger partial charge in [0, 0.05) is 18.1 Å². The number of nitro groups is 1. The summed E-state index contributed by atoms with van der Waals surface area (Å²) in [4.78, 5) is 41.1. The lowest BCUT2D eigenvalue weighted by Crippen LogP contribution is -2.66. The lowest BCUT2D eigenvalue weighted by molar-refractivity contribution is -0.384. The third-order valence-electron chi connectivity index (χ3n) is 12.6. The molecule has 0 unspecified atom stereocenters. The van der Waals surface area contributed by atoms with Crippen molar-refractivity contribution in [2.45, 2.75) is 65.0 Å². The normalized spacial score (nSPS) is 18.9. The van der Waals surface area contributed by atoms with E-state index in [0.717, 1.165) is 43.1 Å². The lowest BCUT2D eigenvalue weighted by Gasteiger charge is -2.44. The SMILES string of the molecule is Cc1cc(/C=C(/CC[C@@H](O)C2=C(CO[Si](c3ccccc3)(c3ccccc3)C(C)(C)C)C[C@H]3C(=O)N(c4cccc([N+](=O)[O-])c4)C(=O)[C@H]3[C@H]2CO)c2ccccc2)cc(C)c1O. The number of fused-ring (bicyclic) bond motifs is 1. The van der Waals surface area contributed by atoms with Crippen LogP contribution in [-0.2, 0) is 14.0 Å². The van der Waals surface area contributed by atoms with Gasteiger partial charge in [-0.15, -0.1) is 0 Å². The summed E-state index contributed by atoms with van der Waals surface area (Å²) in [6.07, 6.45) is 1.64. The number of carbonyl (C=O) groups is 2. The van der Waals surface area contributed by atoms with Gasteiger partial charge in [0.15, 0.2) is 0 Å². The van der Waals surface area contributed by atoms with Crippen LogP contribution < -0.4 is 15.3 Å². The maximum atomic E-state index is 14.5. The van der Waals surface area contributed by atoms with E-state index in [0.29, 0.717) is 17.6 Å². The Labute approximate surface area is 364 Å². The van der Waals surface area contributed by atoms with Crippen LogP contribution in [0.2, 0.25) is 5.04 Å². The number of hydrogen-bond donors (Lipinski definition) is 3. The minimum atomic E-state index is -3.15. The third kappa shape index (κ3) is 8.45. The molecular formula is C51H54N2O8Si. The summed E-state index contributed by atoms with van der Waals surface area (Å²) in [7, 11) is -3.15. The number of benzene rings is 5. The summed E-state index contributed by atoms with van der Waals surface area (Å²) in [6.45, 7) is 9.73.